The largest absolute Gasteiger partial charge is 0.329 e. The summed E-state index contributed by atoms with van der Waals surface area (Å²) in [5.74, 6) is 0.752. The van der Waals surface area contributed by atoms with Gasteiger partial charge in [-0.1, -0.05) is 23.2 Å². The minimum Gasteiger partial charge on any atom is -0.329 e. The molecule has 2 rings (SSSR count). The molecule has 0 fully saturated rings. The maximum absolute atomic E-state index is 5.75. The molecule has 4 heteroatoms. The number of H-pyrrole nitrogens is 1. The van der Waals surface area contributed by atoms with Crippen molar-refractivity contribution in [2.24, 2.45) is 0 Å². The highest BCUT2D eigenvalue weighted by molar-refractivity contribution is 6.30. The van der Waals surface area contributed by atoms with E-state index in [1.165, 1.54) is 0 Å². The zero-order chi connectivity index (χ0) is 9.26. The van der Waals surface area contributed by atoms with Crippen molar-refractivity contribution in [2.45, 2.75) is 0 Å². The summed E-state index contributed by atoms with van der Waals surface area (Å²) in [6, 6.07) is 7.40. The van der Waals surface area contributed by atoms with Crippen molar-refractivity contribution >= 4 is 23.2 Å². The lowest BCUT2D eigenvalue weighted by Crippen LogP contribution is -1.78. The van der Waals surface area contributed by atoms with Gasteiger partial charge in [-0.2, -0.15) is 0 Å². The summed E-state index contributed by atoms with van der Waals surface area (Å²) >= 11 is 11.4. The van der Waals surface area contributed by atoms with Crippen LogP contribution in [0.5, 0.6) is 0 Å². The lowest BCUT2D eigenvalue weighted by molar-refractivity contribution is 1.31. The summed E-state index contributed by atoms with van der Waals surface area (Å²) in [6.45, 7) is 0. The van der Waals surface area contributed by atoms with Crippen LogP contribution >= 0.6 is 23.2 Å². The average molecular weight is 213 g/mol. The quantitative estimate of drug-likeness (QED) is 0.772. The third kappa shape index (κ3) is 1.85. The smallest absolute Gasteiger partial charge is 0.138 e. The van der Waals surface area contributed by atoms with Gasteiger partial charge < -0.3 is 4.98 Å². The Morgan fingerprint density at radius 1 is 1.08 bits per heavy atom. The van der Waals surface area contributed by atoms with Gasteiger partial charge in [0, 0.05) is 10.6 Å². The molecule has 0 bridgehead atoms. The minimum absolute atomic E-state index is 0.532. The molecule has 2 aromatic rings. The van der Waals surface area contributed by atoms with Crippen LogP contribution in [0, 0.1) is 0 Å². The van der Waals surface area contributed by atoms with Gasteiger partial charge in [0.2, 0.25) is 0 Å². The van der Waals surface area contributed by atoms with E-state index in [0.717, 1.165) is 11.4 Å². The SMILES string of the molecule is Clc1ccc(-c2ncc(Cl)[nH]2)cc1. The van der Waals surface area contributed by atoms with Gasteiger partial charge in [-0.25, -0.2) is 4.98 Å². The van der Waals surface area contributed by atoms with Gasteiger partial charge in [-0.05, 0) is 24.3 Å². The molecule has 0 spiro atoms. The van der Waals surface area contributed by atoms with Crippen LogP contribution in [0.4, 0.5) is 0 Å². The second kappa shape index (κ2) is 3.40. The van der Waals surface area contributed by atoms with Crippen molar-refractivity contribution in [3.8, 4) is 11.4 Å². The Hall–Kier alpha value is -0.990. The summed E-state index contributed by atoms with van der Waals surface area (Å²) in [7, 11) is 0. The topological polar surface area (TPSA) is 28.7 Å². The molecule has 0 aliphatic heterocycles. The molecule has 0 saturated heterocycles. The van der Waals surface area contributed by atoms with Gasteiger partial charge in [-0.3, -0.25) is 0 Å². The van der Waals surface area contributed by atoms with Crippen molar-refractivity contribution in [3.63, 3.8) is 0 Å². The monoisotopic (exact) mass is 212 g/mol. The predicted octanol–water partition coefficient (Wildman–Crippen LogP) is 3.38. The van der Waals surface area contributed by atoms with Gasteiger partial charge in [0.05, 0.1) is 6.20 Å². The second-order valence-corrected chi connectivity index (χ2v) is 3.43. The Morgan fingerprint density at radius 3 is 2.31 bits per heavy atom. The Labute approximate surface area is 85.5 Å². The predicted molar refractivity (Wildman–Crippen MR) is 54.0 cm³/mol. The number of rotatable bonds is 1. The highest BCUT2D eigenvalue weighted by atomic mass is 35.5. The van der Waals surface area contributed by atoms with Crippen LogP contribution in [0.25, 0.3) is 11.4 Å². The van der Waals surface area contributed by atoms with Crippen LogP contribution in [0.3, 0.4) is 0 Å². The van der Waals surface area contributed by atoms with E-state index in [4.69, 9.17) is 23.2 Å². The van der Waals surface area contributed by atoms with E-state index >= 15 is 0 Å². The molecule has 0 aliphatic rings. The van der Waals surface area contributed by atoms with Gasteiger partial charge in [0.15, 0.2) is 0 Å². The number of halogens is 2. The number of aromatic amines is 1. The van der Waals surface area contributed by atoms with Crippen molar-refractivity contribution in [1.82, 2.24) is 9.97 Å². The summed E-state index contributed by atoms with van der Waals surface area (Å²) in [5.41, 5.74) is 0.969. The van der Waals surface area contributed by atoms with Crippen molar-refractivity contribution < 1.29 is 0 Å². The maximum Gasteiger partial charge on any atom is 0.138 e. The number of hydrogen-bond donors (Lipinski definition) is 1. The summed E-state index contributed by atoms with van der Waals surface area (Å²) in [5, 5.41) is 1.24. The number of nitrogens with zero attached hydrogens (tertiary/aromatic N) is 1. The molecule has 1 N–H and O–H groups in total. The van der Waals surface area contributed by atoms with Crippen LogP contribution in [-0.4, -0.2) is 9.97 Å². The minimum atomic E-state index is 0.532. The van der Waals surface area contributed by atoms with Gasteiger partial charge >= 0.3 is 0 Å². The molecule has 66 valence electrons. The highest BCUT2D eigenvalue weighted by Crippen LogP contribution is 2.19. The molecule has 0 saturated carbocycles. The third-order valence-electron chi connectivity index (χ3n) is 1.66. The zero-order valence-electron chi connectivity index (χ0n) is 6.59. The van der Waals surface area contributed by atoms with Gasteiger partial charge in [0.1, 0.15) is 11.0 Å². The molecule has 13 heavy (non-hydrogen) atoms. The molecular weight excluding hydrogens is 207 g/mol. The maximum atomic E-state index is 5.75. The number of aromatic nitrogens is 2. The number of hydrogen-bond acceptors (Lipinski definition) is 1. The first-order valence-electron chi connectivity index (χ1n) is 3.72. The summed E-state index contributed by atoms with van der Waals surface area (Å²) in [4.78, 5) is 7.01. The van der Waals surface area contributed by atoms with Crippen molar-refractivity contribution in [2.75, 3.05) is 0 Å². The second-order valence-electron chi connectivity index (χ2n) is 2.59. The Kier molecular flexibility index (Phi) is 2.25. The fourth-order valence-corrected chi connectivity index (χ4v) is 1.32. The standard InChI is InChI=1S/C9H6Cl2N2/c10-7-3-1-6(2-4-7)9-12-5-8(11)13-9/h1-5H,(H,12,13). The highest BCUT2D eigenvalue weighted by Gasteiger charge is 2.00. The summed E-state index contributed by atoms with van der Waals surface area (Å²) in [6.07, 6.45) is 1.57. The molecule has 1 aromatic carbocycles. The molecule has 1 aromatic heterocycles. The molecule has 0 amide bonds. The van der Waals surface area contributed by atoms with Gasteiger partial charge in [-0.15, -0.1) is 0 Å². The Morgan fingerprint density at radius 2 is 1.77 bits per heavy atom. The van der Waals surface area contributed by atoms with Crippen LogP contribution < -0.4 is 0 Å². The fourth-order valence-electron chi connectivity index (χ4n) is 1.05. The van der Waals surface area contributed by atoms with Crippen LogP contribution in [-0.2, 0) is 0 Å². The lowest BCUT2D eigenvalue weighted by Gasteiger charge is -1.95. The van der Waals surface area contributed by atoms with Crippen LogP contribution in [0.1, 0.15) is 0 Å². The molecule has 0 unspecified atom stereocenters. The third-order valence-corrected chi connectivity index (χ3v) is 2.11. The molecule has 1 heterocycles. The van der Waals surface area contributed by atoms with E-state index < -0.39 is 0 Å². The van der Waals surface area contributed by atoms with Crippen LogP contribution in [0.15, 0.2) is 30.5 Å². The van der Waals surface area contributed by atoms with Crippen molar-refractivity contribution in [3.05, 3.63) is 40.6 Å². The zero-order valence-corrected chi connectivity index (χ0v) is 8.10. The lowest BCUT2D eigenvalue weighted by atomic mass is 10.2. The van der Waals surface area contributed by atoms with E-state index in [1.54, 1.807) is 6.20 Å². The average Bonchev–Trinajstić information content (AvgIpc) is 2.53. The number of imidazole rings is 1. The van der Waals surface area contributed by atoms with E-state index in [2.05, 4.69) is 9.97 Å². The van der Waals surface area contributed by atoms with Crippen molar-refractivity contribution in [1.29, 1.82) is 0 Å². The molecule has 2 nitrogen and oxygen atoms in total. The first kappa shape index (κ1) is 8.60. The molecule has 0 aliphatic carbocycles. The Balaban J connectivity index is 2.41. The summed E-state index contributed by atoms with van der Waals surface area (Å²) < 4.78 is 0. The fraction of sp³-hybridized carbons (Fsp3) is 0. The normalized spacial score (nSPS) is 10.3. The van der Waals surface area contributed by atoms with Crippen LogP contribution in [0.2, 0.25) is 10.2 Å². The van der Waals surface area contributed by atoms with E-state index in [1.807, 2.05) is 24.3 Å². The van der Waals surface area contributed by atoms with E-state index in [9.17, 15) is 0 Å². The molecule has 0 atom stereocenters. The Bertz CT molecular complexity index is 406. The molecule has 0 radical (unpaired) electrons. The van der Waals surface area contributed by atoms with E-state index in [-0.39, 0.29) is 0 Å². The van der Waals surface area contributed by atoms with Gasteiger partial charge in [0.25, 0.3) is 0 Å². The first-order valence-corrected chi connectivity index (χ1v) is 4.48. The number of benzene rings is 1. The molecular formula is C9H6Cl2N2. The van der Waals surface area contributed by atoms with E-state index in [0.29, 0.717) is 10.2 Å². The first-order chi connectivity index (χ1) is 6.25. The number of nitrogens with one attached hydrogen (secondary N) is 1.